The minimum atomic E-state index is -0.332. The Bertz CT molecular complexity index is 484. The highest BCUT2D eigenvalue weighted by Crippen LogP contribution is 2.52. The van der Waals surface area contributed by atoms with Crippen molar-refractivity contribution in [1.82, 2.24) is 25.1 Å². The molecular weight excluding hydrogens is 256 g/mol. The first-order valence-electron chi connectivity index (χ1n) is 7.30. The van der Waals surface area contributed by atoms with Crippen LogP contribution < -0.4 is 5.32 Å². The van der Waals surface area contributed by atoms with Crippen molar-refractivity contribution in [2.45, 2.75) is 44.9 Å². The molecule has 7 nitrogen and oxygen atoms in total. The summed E-state index contributed by atoms with van der Waals surface area (Å²) in [4.78, 5) is 2.41. The number of likely N-dealkylation sites (tertiary alicyclic amines) is 1. The van der Waals surface area contributed by atoms with Crippen molar-refractivity contribution >= 4 is 5.95 Å². The molecule has 1 aromatic rings. The molecule has 2 aliphatic rings. The molecule has 7 heteroatoms. The van der Waals surface area contributed by atoms with Crippen molar-refractivity contribution in [3.63, 3.8) is 0 Å². The van der Waals surface area contributed by atoms with Crippen molar-refractivity contribution in [2.24, 2.45) is 18.4 Å². The number of aliphatic hydroxyl groups is 1. The average Bonchev–Trinajstić information content (AvgIpc) is 2.85. The summed E-state index contributed by atoms with van der Waals surface area (Å²) in [6, 6.07) is 0.594. The molecular formula is C13H24N6O. The molecule has 0 amide bonds. The zero-order valence-electron chi connectivity index (χ0n) is 12.6. The number of rotatable bonds is 3. The summed E-state index contributed by atoms with van der Waals surface area (Å²) < 4.78 is 1.60. The molecule has 2 N–H and O–H groups in total. The van der Waals surface area contributed by atoms with Crippen molar-refractivity contribution < 1.29 is 5.11 Å². The SMILES string of the molecule is CC(C)C1N(C)CC12C[C@@H](O)[C@H](Nc1nnnn1C)C2. The maximum absolute atomic E-state index is 10.4. The van der Waals surface area contributed by atoms with E-state index in [1.54, 1.807) is 11.7 Å². The summed E-state index contributed by atoms with van der Waals surface area (Å²) >= 11 is 0. The van der Waals surface area contributed by atoms with Crippen LogP contribution in [-0.2, 0) is 7.05 Å². The van der Waals surface area contributed by atoms with Gasteiger partial charge < -0.3 is 15.3 Å². The third-order valence-corrected chi connectivity index (χ3v) is 4.94. The third-order valence-electron chi connectivity index (χ3n) is 4.94. The number of tetrazole rings is 1. The number of nitrogens with one attached hydrogen (secondary N) is 1. The Morgan fingerprint density at radius 1 is 1.35 bits per heavy atom. The highest BCUT2D eigenvalue weighted by molar-refractivity contribution is 5.27. The molecule has 20 heavy (non-hydrogen) atoms. The second-order valence-electron chi connectivity index (χ2n) is 6.82. The summed E-state index contributed by atoms with van der Waals surface area (Å²) in [5.41, 5.74) is 0.242. The van der Waals surface area contributed by atoms with Gasteiger partial charge in [-0.3, -0.25) is 0 Å². The first-order chi connectivity index (χ1) is 9.43. The summed E-state index contributed by atoms with van der Waals surface area (Å²) in [5, 5.41) is 25.1. The van der Waals surface area contributed by atoms with Crippen LogP contribution in [0.1, 0.15) is 26.7 Å². The molecule has 0 bridgehead atoms. The van der Waals surface area contributed by atoms with E-state index >= 15 is 0 Å². The number of nitrogens with zero attached hydrogens (tertiary/aromatic N) is 5. The predicted molar refractivity (Wildman–Crippen MR) is 75.1 cm³/mol. The second kappa shape index (κ2) is 4.66. The van der Waals surface area contributed by atoms with Crippen LogP contribution in [0.5, 0.6) is 0 Å². The fourth-order valence-electron chi connectivity index (χ4n) is 4.51. The van der Waals surface area contributed by atoms with Crippen LogP contribution in [-0.4, -0.2) is 62.0 Å². The van der Waals surface area contributed by atoms with Gasteiger partial charge in [-0.15, -0.1) is 0 Å². The molecule has 112 valence electrons. The number of aliphatic hydroxyl groups excluding tert-OH is 1. The summed E-state index contributed by atoms with van der Waals surface area (Å²) in [6.07, 6.45) is 1.51. The summed E-state index contributed by atoms with van der Waals surface area (Å²) in [6.45, 7) is 5.60. The monoisotopic (exact) mass is 280 g/mol. The molecule has 2 heterocycles. The number of hydrogen-bond donors (Lipinski definition) is 2. The van der Waals surface area contributed by atoms with E-state index in [1.807, 2.05) is 0 Å². The Morgan fingerprint density at radius 2 is 2.10 bits per heavy atom. The van der Waals surface area contributed by atoms with Gasteiger partial charge in [0.2, 0.25) is 5.95 Å². The Labute approximate surface area is 119 Å². The first-order valence-corrected chi connectivity index (χ1v) is 7.30. The van der Waals surface area contributed by atoms with Crippen molar-refractivity contribution in [3.8, 4) is 0 Å². The summed E-state index contributed by atoms with van der Waals surface area (Å²) in [7, 11) is 3.98. The molecule has 0 radical (unpaired) electrons. The smallest absolute Gasteiger partial charge is 0.242 e. The minimum Gasteiger partial charge on any atom is -0.391 e. The van der Waals surface area contributed by atoms with Gasteiger partial charge >= 0.3 is 0 Å². The molecule has 1 saturated heterocycles. The maximum atomic E-state index is 10.4. The Hall–Kier alpha value is -1.21. The van der Waals surface area contributed by atoms with Crippen LogP contribution in [0.2, 0.25) is 0 Å². The van der Waals surface area contributed by atoms with E-state index in [-0.39, 0.29) is 17.6 Å². The van der Waals surface area contributed by atoms with Gasteiger partial charge in [0.25, 0.3) is 0 Å². The molecule has 2 fully saturated rings. The van der Waals surface area contributed by atoms with Crippen molar-refractivity contribution in [2.75, 3.05) is 18.9 Å². The Kier molecular flexibility index (Phi) is 3.21. The zero-order valence-corrected chi connectivity index (χ0v) is 12.6. The van der Waals surface area contributed by atoms with Gasteiger partial charge in [0.15, 0.2) is 0 Å². The standard InChI is InChI=1S/C13H24N6O/c1-8(2)11-13(7-18(11)3)5-9(10(20)6-13)14-12-15-16-17-19(12)4/h8-11,20H,5-7H2,1-4H3,(H,14,15,17)/t9-,10-,11?,13?/m1/s1. The lowest BCUT2D eigenvalue weighted by atomic mass is 9.66. The lowest BCUT2D eigenvalue weighted by Crippen LogP contribution is -2.64. The lowest BCUT2D eigenvalue weighted by Gasteiger charge is -2.57. The van der Waals surface area contributed by atoms with Crippen molar-refractivity contribution in [3.05, 3.63) is 0 Å². The number of aryl methyl sites for hydroxylation is 1. The first kappa shape index (κ1) is 13.8. The van der Waals surface area contributed by atoms with Gasteiger partial charge in [0, 0.05) is 25.0 Å². The van der Waals surface area contributed by atoms with Gasteiger partial charge in [0.05, 0.1) is 12.1 Å². The van der Waals surface area contributed by atoms with Crippen LogP contribution in [0.3, 0.4) is 0 Å². The number of hydrogen-bond acceptors (Lipinski definition) is 6. The number of anilines is 1. The highest BCUT2D eigenvalue weighted by Gasteiger charge is 2.58. The van der Waals surface area contributed by atoms with E-state index < -0.39 is 0 Å². The van der Waals surface area contributed by atoms with Crippen LogP contribution in [0, 0.1) is 11.3 Å². The molecule has 4 atom stereocenters. The fraction of sp³-hybridized carbons (Fsp3) is 0.923. The van der Waals surface area contributed by atoms with Gasteiger partial charge in [-0.25, -0.2) is 4.68 Å². The topological polar surface area (TPSA) is 79.1 Å². The number of aromatic nitrogens is 4. The normalized spacial score (nSPS) is 37.6. The molecule has 1 aliphatic heterocycles. The minimum absolute atomic E-state index is 0.0367. The van der Waals surface area contributed by atoms with E-state index in [0.29, 0.717) is 17.9 Å². The Balaban J connectivity index is 1.73. The van der Waals surface area contributed by atoms with Gasteiger partial charge in [0.1, 0.15) is 0 Å². The van der Waals surface area contributed by atoms with Crippen LogP contribution in [0.25, 0.3) is 0 Å². The van der Waals surface area contributed by atoms with E-state index in [4.69, 9.17) is 0 Å². The van der Waals surface area contributed by atoms with Crippen molar-refractivity contribution in [1.29, 1.82) is 0 Å². The molecule has 1 spiro atoms. The maximum Gasteiger partial charge on any atom is 0.242 e. The quantitative estimate of drug-likeness (QED) is 0.817. The van der Waals surface area contributed by atoms with Gasteiger partial charge in [-0.1, -0.05) is 18.9 Å². The molecule has 0 aromatic carbocycles. The molecule has 1 saturated carbocycles. The molecule has 2 unspecified atom stereocenters. The lowest BCUT2D eigenvalue weighted by molar-refractivity contribution is -0.0825. The van der Waals surface area contributed by atoms with Crippen LogP contribution >= 0.6 is 0 Å². The molecule has 1 aliphatic carbocycles. The summed E-state index contributed by atoms with van der Waals surface area (Å²) in [5.74, 6) is 1.23. The Morgan fingerprint density at radius 3 is 2.65 bits per heavy atom. The van der Waals surface area contributed by atoms with E-state index in [1.165, 1.54) is 0 Å². The molecule has 1 aromatic heterocycles. The second-order valence-corrected chi connectivity index (χ2v) is 6.82. The van der Waals surface area contributed by atoms with Gasteiger partial charge in [-0.05, 0) is 36.2 Å². The van der Waals surface area contributed by atoms with Crippen LogP contribution in [0.15, 0.2) is 0 Å². The largest absolute Gasteiger partial charge is 0.391 e. The third kappa shape index (κ3) is 2.00. The zero-order chi connectivity index (χ0) is 14.5. The average molecular weight is 280 g/mol. The van der Waals surface area contributed by atoms with Gasteiger partial charge in [-0.2, -0.15) is 0 Å². The molecule has 3 rings (SSSR count). The highest BCUT2D eigenvalue weighted by atomic mass is 16.3. The fourth-order valence-corrected chi connectivity index (χ4v) is 4.51. The van der Waals surface area contributed by atoms with E-state index in [0.717, 1.165) is 19.4 Å². The predicted octanol–water partition coefficient (Wildman–Crippen LogP) is 0.102. The van der Waals surface area contributed by atoms with E-state index in [2.05, 4.69) is 46.6 Å². The van der Waals surface area contributed by atoms with E-state index in [9.17, 15) is 5.11 Å². The van der Waals surface area contributed by atoms with Crippen LogP contribution in [0.4, 0.5) is 5.95 Å².